The van der Waals surface area contributed by atoms with Gasteiger partial charge in [0.1, 0.15) is 0 Å². The molecular weight excluding hydrogens is 148 g/mol. The van der Waals surface area contributed by atoms with E-state index in [1.807, 2.05) is 0 Å². The first-order chi connectivity index (χ1) is 5.29. The van der Waals surface area contributed by atoms with Crippen molar-refractivity contribution in [1.82, 2.24) is 0 Å². The lowest BCUT2D eigenvalue weighted by Crippen LogP contribution is -2.26. The molecular formula is C7H14O4. The van der Waals surface area contributed by atoms with Crippen LogP contribution in [0.15, 0.2) is 0 Å². The standard InChI is InChI=1S/C7H14O4/c1-10-7-5(2-3-8)6(9)4-11-7/h5-9H,2-4H2,1H3/t5-,6-,7+/m0/s1. The van der Waals surface area contributed by atoms with Gasteiger partial charge in [-0.3, -0.25) is 0 Å². The lowest BCUT2D eigenvalue weighted by molar-refractivity contribution is -0.113. The summed E-state index contributed by atoms with van der Waals surface area (Å²) >= 11 is 0. The van der Waals surface area contributed by atoms with Crippen LogP contribution >= 0.6 is 0 Å². The molecule has 2 N–H and O–H groups in total. The molecule has 0 spiro atoms. The van der Waals surface area contributed by atoms with Crippen molar-refractivity contribution in [3.63, 3.8) is 0 Å². The third kappa shape index (κ3) is 1.90. The highest BCUT2D eigenvalue weighted by Crippen LogP contribution is 2.24. The smallest absolute Gasteiger partial charge is 0.162 e. The van der Waals surface area contributed by atoms with E-state index in [4.69, 9.17) is 14.6 Å². The van der Waals surface area contributed by atoms with E-state index >= 15 is 0 Å². The number of aliphatic hydroxyl groups is 2. The fourth-order valence-electron chi connectivity index (χ4n) is 1.34. The topological polar surface area (TPSA) is 58.9 Å². The van der Waals surface area contributed by atoms with E-state index in [1.165, 1.54) is 7.11 Å². The highest BCUT2D eigenvalue weighted by Gasteiger charge is 2.35. The largest absolute Gasteiger partial charge is 0.396 e. The number of methoxy groups -OCH3 is 1. The highest BCUT2D eigenvalue weighted by atomic mass is 16.7. The summed E-state index contributed by atoms with van der Waals surface area (Å²) in [6, 6.07) is 0. The summed E-state index contributed by atoms with van der Waals surface area (Å²) in [7, 11) is 1.53. The van der Waals surface area contributed by atoms with E-state index in [-0.39, 0.29) is 18.8 Å². The van der Waals surface area contributed by atoms with Gasteiger partial charge < -0.3 is 19.7 Å². The summed E-state index contributed by atoms with van der Waals surface area (Å²) in [5.74, 6) is -0.0787. The Morgan fingerprint density at radius 2 is 2.36 bits per heavy atom. The minimum Gasteiger partial charge on any atom is -0.396 e. The van der Waals surface area contributed by atoms with Gasteiger partial charge in [-0.05, 0) is 6.42 Å². The first-order valence-electron chi connectivity index (χ1n) is 3.73. The van der Waals surface area contributed by atoms with Gasteiger partial charge in [0.2, 0.25) is 0 Å². The second-order valence-electron chi connectivity index (χ2n) is 2.68. The first-order valence-corrected chi connectivity index (χ1v) is 3.73. The zero-order valence-corrected chi connectivity index (χ0v) is 6.56. The van der Waals surface area contributed by atoms with Crippen LogP contribution in [0.1, 0.15) is 6.42 Å². The summed E-state index contributed by atoms with van der Waals surface area (Å²) in [6.45, 7) is 0.369. The van der Waals surface area contributed by atoms with E-state index in [9.17, 15) is 5.11 Å². The van der Waals surface area contributed by atoms with E-state index < -0.39 is 6.10 Å². The maximum Gasteiger partial charge on any atom is 0.162 e. The van der Waals surface area contributed by atoms with Crippen molar-refractivity contribution in [1.29, 1.82) is 0 Å². The van der Waals surface area contributed by atoms with E-state index in [0.29, 0.717) is 13.0 Å². The van der Waals surface area contributed by atoms with Gasteiger partial charge in [-0.1, -0.05) is 0 Å². The van der Waals surface area contributed by atoms with Crippen molar-refractivity contribution >= 4 is 0 Å². The zero-order valence-electron chi connectivity index (χ0n) is 6.56. The van der Waals surface area contributed by atoms with Crippen LogP contribution in [0.3, 0.4) is 0 Å². The lowest BCUT2D eigenvalue weighted by Gasteiger charge is -2.17. The predicted octanol–water partition coefficient (Wildman–Crippen LogP) is -0.651. The van der Waals surface area contributed by atoms with Gasteiger partial charge in [-0.2, -0.15) is 0 Å². The normalized spacial score (nSPS) is 37.9. The molecule has 4 nitrogen and oxygen atoms in total. The monoisotopic (exact) mass is 162 g/mol. The van der Waals surface area contributed by atoms with Gasteiger partial charge in [0.15, 0.2) is 6.29 Å². The van der Waals surface area contributed by atoms with E-state index in [0.717, 1.165) is 0 Å². The Balaban J connectivity index is 2.42. The van der Waals surface area contributed by atoms with Crippen LogP contribution in [0, 0.1) is 5.92 Å². The van der Waals surface area contributed by atoms with Crippen molar-refractivity contribution in [3.8, 4) is 0 Å². The molecule has 66 valence electrons. The second-order valence-corrected chi connectivity index (χ2v) is 2.68. The summed E-state index contributed by atoms with van der Waals surface area (Å²) < 4.78 is 10.0. The number of hydrogen-bond acceptors (Lipinski definition) is 4. The van der Waals surface area contributed by atoms with E-state index in [1.54, 1.807) is 0 Å². The fourth-order valence-corrected chi connectivity index (χ4v) is 1.34. The lowest BCUT2D eigenvalue weighted by atomic mass is 10.0. The van der Waals surface area contributed by atoms with Crippen LogP contribution in [0.5, 0.6) is 0 Å². The second kappa shape index (κ2) is 4.01. The molecule has 0 unspecified atom stereocenters. The van der Waals surface area contributed by atoms with Crippen LogP contribution in [-0.2, 0) is 9.47 Å². The average molecular weight is 162 g/mol. The maximum absolute atomic E-state index is 9.31. The van der Waals surface area contributed by atoms with Crippen LogP contribution in [0.25, 0.3) is 0 Å². The quantitative estimate of drug-likeness (QED) is 0.579. The molecule has 0 aliphatic carbocycles. The van der Waals surface area contributed by atoms with Gasteiger partial charge >= 0.3 is 0 Å². The Bertz CT molecular complexity index is 117. The molecule has 11 heavy (non-hydrogen) atoms. The first kappa shape index (κ1) is 8.93. The molecule has 1 aliphatic rings. The molecule has 1 heterocycles. The van der Waals surface area contributed by atoms with Crippen LogP contribution in [0.4, 0.5) is 0 Å². The van der Waals surface area contributed by atoms with Crippen molar-refractivity contribution in [2.75, 3.05) is 20.3 Å². The number of aliphatic hydroxyl groups excluding tert-OH is 2. The van der Waals surface area contributed by atoms with Gasteiger partial charge in [0, 0.05) is 19.6 Å². The maximum atomic E-state index is 9.31. The summed E-state index contributed by atoms with van der Waals surface area (Å²) in [4.78, 5) is 0. The number of rotatable bonds is 3. The molecule has 0 radical (unpaired) electrons. The fraction of sp³-hybridized carbons (Fsp3) is 1.00. The molecule has 1 aliphatic heterocycles. The molecule has 0 aromatic rings. The Hall–Kier alpha value is -0.160. The molecule has 1 rings (SSSR count). The molecule has 3 atom stereocenters. The Labute approximate surface area is 65.7 Å². The van der Waals surface area contributed by atoms with Crippen LogP contribution in [-0.4, -0.2) is 42.9 Å². The molecule has 4 heteroatoms. The Kier molecular flexibility index (Phi) is 3.26. The van der Waals surface area contributed by atoms with Crippen molar-refractivity contribution < 1.29 is 19.7 Å². The SMILES string of the molecule is CO[C@@H]1OC[C@H](O)[C@@H]1CCO. The van der Waals surface area contributed by atoms with Gasteiger partial charge in [0.25, 0.3) is 0 Å². The van der Waals surface area contributed by atoms with Gasteiger partial charge in [-0.25, -0.2) is 0 Å². The molecule has 0 aromatic heterocycles. The number of hydrogen-bond donors (Lipinski definition) is 2. The molecule has 1 saturated heterocycles. The summed E-state index contributed by atoms with van der Waals surface area (Å²) in [5.41, 5.74) is 0. The van der Waals surface area contributed by atoms with Gasteiger partial charge in [-0.15, -0.1) is 0 Å². The third-order valence-corrected chi connectivity index (χ3v) is 1.97. The van der Waals surface area contributed by atoms with Crippen molar-refractivity contribution in [2.45, 2.75) is 18.8 Å². The van der Waals surface area contributed by atoms with E-state index in [2.05, 4.69) is 0 Å². The number of ether oxygens (including phenoxy) is 2. The highest BCUT2D eigenvalue weighted by molar-refractivity contribution is 4.77. The predicted molar refractivity (Wildman–Crippen MR) is 37.9 cm³/mol. The van der Waals surface area contributed by atoms with Crippen LogP contribution < -0.4 is 0 Å². The average Bonchev–Trinajstić information content (AvgIpc) is 2.34. The minimum absolute atomic E-state index is 0.0605. The minimum atomic E-state index is -0.493. The molecule has 0 amide bonds. The van der Waals surface area contributed by atoms with Gasteiger partial charge in [0.05, 0.1) is 12.7 Å². The third-order valence-electron chi connectivity index (χ3n) is 1.97. The van der Waals surface area contributed by atoms with Crippen molar-refractivity contribution in [2.24, 2.45) is 5.92 Å². The molecule has 0 saturated carbocycles. The molecule has 0 aromatic carbocycles. The zero-order chi connectivity index (χ0) is 8.27. The summed E-state index contributed by atoms with van der Waals surface area (Å²) in [6.07, 6.45) is -0.316. The molecule has 1 fully saturated rings. The summed E-state index contributed by atoms with van der Waals surface area (Å²) in [5, 5.41) is 17.9. The molecule has 0 bridgehead atoms. The Morgan fingerprint density at radius 3 is 2.91 bits per heavy atom. The van der Waals surface area contributed by atoms with Crippen molar-refractivity contribution in [3.05, 3.63) is 0 Å². The van der Waals surface area contributed by atoms with Crippen LogP contribution in [0.2, 0.25) is 0 Å². The Morgan fingerprint density at radius 1 is 1.64 bits per heavy atom.